The van der Waals surface area contributed by atoms with E-state index in [0.29, 0.717) is 0 Å². The lowest BCUT2D eigenvalue weighted by Crippen LogP contribution is -2.39. The second kappa shape index (κ2) is 11.6. The molecule has 0 aliphatic heterocycles. The van der Waals surface area contributed by atoms with Crippen LogP contribution in [0.1, 0.15) is 27.6 Å². The van der Waals surface area contributed by atoms with Gasteiger partial charge in [-0.25, -0.2) is 9.59 Å². The first kappa shape index (κ1) is 23.7. The fraction of sp³-hybridized carbons (Fsp3) is 0.273. The number of nitrogens with zero attached hydrogens (tertiary/aromatic N) is 2. The number of carbonyl (C=O) groups excluding carboxylic acids is 4. The maximum absolute atomic E-state index is 13.1. The van der Waals surface area contributed by atoms with Crippen LogP contribution in [0.4, 0.5) is 11.4 Å². The van der Waals surface area contributed by atoms with Gasteiger partial charge >= 0.3 is 0 Å². The van der Waals surface area contributed by atoms with E-state index >= 15 is 0 Å². The molecule has 9 heteroatoms. The van der Waals surface area contributed by atoms with Gasteiger partial charge in [0.1, 0.15) is 5.92 Å². The summed E-state index contributed by atoms with van der Waals surface area (Å²) in [6.45, 7) is 0.922. The molecule has 0 radical (unpaired) electrons. The van der Waals surface area contributed by atoms with Crippen LogP contribution in [-0.2, 0) is 14.3 Å². The van der Waals surface area contributed by atoms with E-state index < -0.39 is 29.7 Å². The second-order valence-corrected chi connectivity index (χ2v) is 6.60. The molecule has 0 aliphatic carbocycles. The van der Waals surface area contributed by atoms with Crippen LogP contribution >= 0.6 is 0 Å². The Balaban J connectivity index is 2.36. The van der Waals surface area contributed by atoms with Crippen molar-refractivity contribution < 1.29 is 34.1 Å². The quantitative estimate of drug-likeness (QED) is 0.243. The van der Waals surface area contributed by atoms with Crippen LogP contribution in [0, 0.1) is 5.92 Å². The molecule has 2 atom stereocenters. The molecule has 0 bridgehead atoms. The molecule has 0 aromatic heterocycles. The first-order valence-electron chi connectivity index (χ1n) is 9.26. The first-order chi connectivity index (χ1) is 14.9. The number of benzene rings is 2. The number of ether oxygens (including phenoxy) is 1. The molecule has 0 heterocycles. The van der Waals surface area contributed by atoms with Crippen molar-refractivity contribution in [3.8, 4) is 0 Å². The second-order valence-electron chi connectivity index (χ2n) is 6.60. The number of ketones is 2. The standard InChI is InChI=1S/C22H20N2O7/c1-14(10-25)31-11-19(28)20(21(29)15-2-6-17(7-3-15)23-12-26)22(30)16-4-8-18(9-5-16)24-13-27/h2-9,14,19-20,25,28H,10-11H2,1H3. The highest BCUT2D eigenvalue weighted by Gasteiger charge is 2.35. The van der Waals surface area contributed by atoms with E-state index in [-0.39, 0.29) is 35.7 Å². The zero-order chi connectivity index (χ0) is 22.8. The van der Waals surface area contributed by atoms with Gasteiger partial charge in [0, 0.05) is 11.1 Å². The summed E-state index contributed by atoms with van der Waals surface area (Å²) >= 11 is 0. The average molecular weight is 424 g/mol. The number of carbonyl (C=O) groups is 2. The Bertz CT molecular complexity index is 932. The minimum atomic E-state index is -1.49. The summed E-state index contributed by atoms with van der Waals surface area (Å²) in [5, 5.41) is 19.7. The number of aliphatic hydroxyl groups excluding tert-OH is 2. The van der Waals surface area contributed by atoms with Crippen LogP contribution in [-0.4, -0.2) is 59.4 Å². The molecule has 2 aromatic carbocycles. The molecule has 160 valence electrons. The summed E-state index contributed by atoms with van der Waals surface area (Å²) in [6.07, 6.45) is 0.687. The van der Waals surface area contributed by atoms with Gasteiger partial charge in [0.2, 0.25) is 12.2 Å². The molecule has 0 saturated carbocycles. The molecule has 0 aliphatic rings. The van der Waals surface area contributed by atoms with Gasteiger partial charge in [-0.05, 0) is 55.5 Å². The van der Waals surface area contributed by atoms with Crippen molar-refractivity contribution in [1.29, 1.82) is 0 Å². The molecule has 0 amide bonds. The van der Waals surface area contributed by atoms with Crippen LogP contribution < -0.4 is 0 Å². The monoisotopic (exact) mass is 424 g/mol. The lowest BCUT2D eigenvalue weighted by atomic mass is 9.86. The third kappa shape index (κ3) is 6.45. The smallest absolute Gasteiger partial charge is 0.240 e. The fourth-order valence-electron chi connectivity index (χ4n) is 2.75. The van der Waals surface area contributed by atoms with Gasteiger partial charge in [-0.3, -0.25) is 9.59 Å². The Morgan fingerprint density at radius 2 is 1.32 bits per heavy atom. The highest BCUT2D eigenvalue weighted by Crippen LogP contribution is 2.23. The predicted molar refractivity (Wildman–Crippen MR) is 109 cm³/mol. The number of rotatable bonds is 11. The van der Waals surface area contributed by atoms with Gasteiger partial charge in [-0.1, -0.05) is 0 Å². The van der Waals surface area contributed by atoms with Gasteiger partial charge in [-0.15, -0.1) is 0 Å². The summed E-state index contributed by atoms with van der Waals surface area (Å²) in [5.74, 6) is -2.81. The van der Waals surface area contributed by atoms with Crippen molar-refractivity contribution >= 4 is 35.1 Å². The van der Waals surface area contributed by atoms with E-state index in [2.05, 4.69) is 9.98 Å². The summed E-state index contributed by atoms with van der Waals surface area (Å²) < 4.78 is 5.29. The lowest BCUT2D eigenvalue weighted by molar-refractivity contribution is -0.0341. The minimum absolute atomic E-state index is 0.125. The Hall–Kier alpha value is -3.58. The largest absolute Gasteiger partial charge is 0.394 e. The molecule has 2 rings (SSSR count). The molecule has 31 heavy (non-hydrogen) atoms. The van der Waals surface area contributed by atoms with Gasteiger partial charge < -0.3 is 14.9 Å². The summed E-state index contributed by atoms with van der Waals surface area (Å²) in [6, 6.07) is 11.1. The highest BCUT2D eigenvalue weighted by molar-refractivity contribution is 6.16. The molecule has 2 N–H and O–H groups in total. The van der Waals surface area contributed by atoms with Crippen molar-refractivity contribution in [2.45, 2.75) is 19.1 Å². The number of Topliss-reactive ketones (excluding diaryl/α,β-unsaturated/α-hetero) is 2. The van der Waals surface area contributed by atoms with Crippen LogP contribution in [0.5, 0.6) is 0 Å². The molecular formula is C22H20N2O7. The zero-order valence-electron chi connectivity index (χ0n) is 16.6. The SMILES string of the molecule is CC(CO)OCC(O)C(C(=O)c1ccc(N=C=O)cc1)C(=O)c1ccc(N=C=O)cc1. The number of isocyanates is 2. The van der Waals surface area contributed by atoms with Crippen LogP contribution in [0.2, 0.25) is 0 Å². The van der Waals surface area contributed by atoms with E-state index in [1.54, 1.807) is 6.92 Å². The zero-order valence-corrected chi connectivity index (χ0v) is 16.6. The predicted octanol–water partition coefficient (Wildman–Crippen LogP) is 2.06. The Labute approximate surface area is 177 Å². The fourth-order valence-corrected chi connectivity index (χ4v) is 2.75. The van der Waals surface area contributed by atoms with Crippen molar-refractivity contribution in [2.24, 2.45) is 15.9 Å². The normalized spacial score (nSPS) is 13.3. The first-order valence-corrected chi connectivity index (χ1v) is 9.26. The van der Waals surface area contributed by atoms with E-state index in [0.717, 1.165) is 0 Å². The molecule has 9 nitrogen and oxygen atoms in total. The van der Waals surface area contributed by atoms with Crippen LogP contribution in [0.25, 0.3) is 0 Å². The summed E-state index contributed by atoms with van der Waals surface area (Å²) in [7, 11) is 0. The summed E-state index contributed by atoms with van der Waals surface area (Å²) in [5.41, 5.74) is 0.807. The molecule has 2 unspecified atom stereocenters. The Morgan fingerprint density at radius 3 is 1.68 bits per heavy atom. The molecular weight excluding hydrogens is 404 g/mol. The van der Waals surface area contributed by atoms with Gasteiger partial charge in [0.05, 0.1) is 36.8 Å². The van der Waals surface area contributed by atoms with E-state index in [1.165, 1.54) is 60.7 Å². The van der Waals surface area contributed by atoms with E-state index in [9.17, 15) is 24.3 Å². The molecule has 0 spiro atoms. The maximum Gasteiger partial charge on any atom is 0.240 e. The third-order valence-electron chi connectivity index (χ3n) is 4.41. The van der Waals surface area contributed by atoms with Gasteiger partial charge in [0.15, 0.2) is 11.6 Å². The summed E-state index contributed by atoms with van der Waals surface area (Å²) in [4.78, 5) is 53.8. The number of hydrogen-bond acceptors (Lipinski definition) is 9. The number of aliphatic imine (C=N–C) groups is 2. The highest BCUT2D eigenvalue weighted by atomic mass is 16.5. The van der Waals surface area contributed by atoms with Crippen LogP contribution in [0.15, 0.2) is 58.5 Å². The number of hydrogen-bond donors (Lipinski definition) is 2. The van der Waals surface area contributed by atoms with Crippen molar-refractivity contribution in [3.05, 3.63) is 59.7 Å². The maximum atomic E-state index is 13.1. The van der Waals surface area contributed by atoms with Crippen LogP contribution in [0.3, 0.4) is 0 Å². The minimum Gasteiger partial charge on any atom is -0.394 e. The Kier molecular flexibility index (Phi) is 8.84. The average Bonchev–Trinajstić information content (AvgIpc) is 2.78. The lowest BCUT2D eigenvalue weighted by Gasteiger charge is -2.22. The molecule has 0 fully saturated rings. The van der Waals surface area contributed by atoms with Crippen molar-refractivity contribution in [1.82, 2.24) is 0 Å². The van der Waals surface area contributed by atoms with E-state index in [1.807, 2.05) is 0 Å². The topological polar surface area (TPSA) is 143 Å². The molecule has 0 saturated heterocycles. The van der Waals surface area contributed by atoms with Crippen molar-refractivity contribution in [2.75, 3.05) is 13.2 Å². The van der Waals surface area contributed by atoms with Gasteiger partial charge in [-0.2, -0.15) is 9.98 Å². The van der Waals surface area contributed by atoms with E-state index in [4.69, 9.17) is 9.84 Å². The van der Waals surface area contributed by atoms with Gasteiger partial charge in [0.25, 0.3) is 0 Å². The third-order valence-corrected chi connectivity index (χ3v) is 4.41. The molecule has 2 aromatic rings. The number of aliphatic hydroxyl groups is 2. The Morgan fingerprint density at radius 1 is 0.903 bits per heavy atom. The van der Waals surface area contributed by atoms with Crippen molar-refractivity contribution in [3.63, 3.8) is 0 Å².